The minimum atomic E-state index is -3.83. The number of hydrogen-bond donors (Lipinski definition) is 2. The summed E-state index contributed by atoms with van der Waals surface area (Å²) >= 11 is 0. The van der Waals surface area contributed by atoms with Crippen LogP contribution in [-0.4, -0.2) is 30.1 Å². The van der Waals surface area contributed by atoms with Crippen molar-refractivity contribution in [3.8, 4) is 0 Å². The minimum absolute atomic E-state index is 0.00628. The standard InChI is InChI=1S/C20H22N2O5S.C2H6/c1-13(18-16(23)12-20(2,3)27-19(18)24)14-7-6-8-15(11-14)22-28(25,26)17-9-4-5-10-21-17;1-2/h4-11,13,22-23H,12H2,1-3H3;1-2H3. The van der Waals surface area contributed by atoms with Gasteiger partial charge in [0.1, 0.15) is 11.4 Å². The summed E-state index contributed by atoms with van der Waals surface area (Å²) in [6.07, 6.45) is 1.63. The lowest BCUT2D eigenvalue weighted by Gasteiger charge is -2.32. The second-order valence-electron chi connectivity index (χ2n) is 7.31. The number of pyridine rings is 1. The van der Waals surface area contributed by atoms with Gasteiger partial charge in [-0.1, -0.05) is 39.0 Å². The molecule has 0 saturated carbocycles. The number of sulfonamides is 1. The number of ether oxygens (including phenoxy) is 1. The zero-order valence-electron chi connectivity index (χ0n) is 17.8. The molecular weight excluding hydrogens is 404 g/mol. The van der Waals surface area contributed by atoms with Gasteiger partial charge in [-0.3, -0.25) is 4.72 Å². The normalized spacial score (nSPS) is 16.8. The van der Waals surface area contributed by atoms with Crippen molar-refractivity contribution in [1.82, 2.24) is 4.98 Å². The van der Waals surface area contributed by atoms with Gasteiger partial charge in [-0.2, -0.15) is 8.42 Å². The Morgan fingerprint density at radius 1 is 1.17 bits per heavy atom. The van der Waals surface area contributed by atoms with Crippen molar-refractivity contribution in [2.24, 2.45) is 0 Å². The molecule has 7 nitrogen and oxygen atoms in total. The smallest absolute Gasteiger partial charge is 0.338 e. The van der Waals surface area contributed by atoms with Crippen LogP contribution in [0.2, 0.25) is 0 Å². The van der Waals surface area contributed by atoms with Crippen LogP contribution in [-0.2, 0) is 19.6 Å². The third-order valence-corrected chi connectivity index (χ3v) is 5.77. The molecule has 0 radical (unpaired) electrons. The highest BCUT2D eigenvalue weighted by atomic mass is 32.2. The molecule has 1 aromatic heterocycles. The van der Waals surface area contributed by atoms with Crippen molar-refractivity contribution in [3.63, 3.8) is 0 Å². The maximum atomic E-state index is 12.5. The lowest BCUT2D eigenvalue weighted by atomic mass is 9.87. The summed E-state index contributed by atoms with van der Waals surface area (Å²) in [6, 6.07) is 11.3. The van der Waals surface area contributed by atoms with E-state index in [0.29, 0.717) is 11.3 Å². The van der Waals surface area contributed by atoms with Crippen LogP contribution in [0, 0.1) is 0 Å². The first-order valence-electron chi connectivity index (χ1n) is 9.78. The molecule has 1 aromatic carbocycles. The van der Waals surface area contributed by atoms with Crippen molar-refractivity contribution < 1.29 is 23.1 Å². The van der Waals surface area contributed by atoms with E-state index in [-0.39, 0.29) is 22.8 Å². The number of cyclic esters (lactones) is 1. The molecule has 0 spiro atoms. The molecule has 3 rings (SSSR count). The molecule has 2 heterocycles. The molecule has 2 N–H and O–H groups in total. The number of aliphatic hydroxyl groups excluding tert-OH is 1. The van der Waals surface area contributed by atoms with Gasteiger partial charge >= 0.3 is 5.97 Å². The molecule has 0 bridgehead atoms. The molecule has 30 heavy (non-hydrogen) atoms. The number of aromatic nitrogens is 1. The second-order valence-corrected chi connectivity index (χ2v) is 8.94. The van der Waals surface area contributed by atoms with Crippen LogP contribution in [0.15, 0.2) is 65.0 Å². The average molecular weight is 433 g/mol. The molecule has 2 aromatic rings. The number of rotatable bonds is 5. The Labute approximate surface area is 177 Å². The van der Waals surface area contributed by atoms with Crippen LogP contribution in [0.25, 0.3) is 0 Å². The Kier molecular flexibility index (Phi) is 7.25. The van der Waals surface area contributed by atoms with Gasteiger partial charge in [0.2, 0.25) is 0 Å². The van der Waals surface area contributed by atoms with Gasteiger partial charge in [-0.05, 0) is 43.7 Å². The fourth-order valence-electron chi connectivity index (χ4n) is 3.14. The van der Waals surface area contributed by atoms with Gasteiger partial charge in [0.25, 0.3) is 10.0 Å². The summed E-state index contributed by atoms with van der Waals surface area (Å²) in [6.45, 7) is 9.22. The highest BCUT2D eigenvalue weighted by Crippen LogP contribution is 2.36. The zero-order chi connectivity index (χ0) is 22.5. The van der Waals surface area contributed by atoms with Crippen molar-refractivity contribution in [1.29, 1.82) is 0 Å². The number of carbonyl (C=O) groups is 1. The fourth-order valence-corrected chi connectivity index (χ4v) is 4.14. The molecular formula is C22H28N2O5S. The van der Waals surface area contributed by atoms with E-state index in [4.69, 9.17) is 4.74 Å². The van der Waals surface area contributed by atoms with Gasteiger partial charge in [-0.15, -0.1) is 0 Å². The molecule has 8 heteroatoms. The zero-order valence-corrected chi connectivity index (χ0v) is 18.7. The van der Waals surface area contributed by atoms with E-state index in [0.717, 1.165) is 0 Å². The largest absolute Gasteiger partial charge is 0.512 e. The number of aliphatic hydroxyl groups is 1. The predicted octanol–water partition coefficient (Wildman–Crippen LogP) is 4.55. The fraction of sp³-hybridized carbons (Fsp3) is 0.364. The monoisotopic (exact) mass is 432 g/mol. The van der Waals surface area contributed by atoms with E-state index < -0.39 is 27.5 Å². The number of nitrogens with zero attached hydrogens (tertiary/aromatic N) is 1. The van der Waals surface area contributed by atoms with E-state index in [1.54, 1.807) is 57.2 Å². The van der Waals surface area contributed by atoms with Crippen LogP contribution >= 0.6 is 0 Å². The van der Waals surface area contributed by atoms with E-state index in [9.17, 15) is 18.3 Å². The summed E-state index contributed by atoms with van der Waals surface area (Å²) in [5.74, 6) is -1.04. The third kappa shape index (κ3) is 5.38. The summed E-state index contributed by atoms with van der Waals surface area (Å²) in [5, 5.41) is 10.3. The van der Waals surface area contributed by atoms with Crippen molar-refractivity contribution in [2.75, 3.05) is 4.72 Å². The van der Waals surface area contributed by atoms with Crippen LogP contribution < -0.4 is 4.72 Å². The lowest BCUT2D eigenvalue weighted by molar-refractivity contribution is -0.155. The Bertz CT molecular complexity index is 1030. The van der Waals surface area contributed by atoms with E-state index in [1.807, 2.05) is 13.8 Å². The minimum Gasteiger partial charge on any atom is -0.512 e. The molecule has 1 atom stereocenters. The average Bonchev–Trinajstić information content (AvgIpc) is 2.68. The first kappa shape index (κ1) is 23.4. The molecule has 1 aliphatic rings. The van der Waals surface area contributed by atoms with E-state index in [2.05, 4.69) is 9.71 Å². The Hall–Kier alpha value is -2.87. The molecule has 162 valence electrons. The van der Waals surface area contributed by atoms with Gasteiger partial charge in [0, 0.05) is 24.2 Å². The lowest BCUT2D eigenvalue weighted by Crippen LogP contribution is -2.35. The summed E-state index contributed by atoms with van der Waals surface area (Å²) in [7, 11) is -3.83. The van der Waals surface area contributed by atoms with E-state index in [1.165, 1.54) is 12.3 Å². The number of anilines is 1. The number of nitrogens with one attached hydrogen (secondary N) is 1. The summed E-state index contributed by atoms with van der Waals surface area (Å²) in [5.41, 5.74) is 0.424. The molecule has 0 aliphatic carbocycles. The molecule has 0 saturated heterocycles. The highest BCUT2D eigenvalue weighted by Gasteiger charge is 2.37. The quantitative estimate of drug-likeness (QED) is 0.672. The predicted molar refractivity (Wildman–Crippen MR) is 116 cm³/mol. The Balaban J connectivity index is 0.00000155. The first-order valence-corrected chi connectivity index (χ1v) is 11.3. The van der Waals surface area contributed by atoms with E-state index >= 15 is 0 Å². The Morgan fingerprint density at radius 3 is 2.47 bits per heavy atom. The third-order valence-electron chi connectivity index (χ3n) is 4.48. The topological polar surface area (TPSA) is 106 Å². The number of hydrogen-bond acceptors (Lipinski definition) is 6. The van der Waals surface area contributed by atoms with Crippen LogP contribution in [0.4, 0.5) is 5.69 Å². The molecule has 1 aliphatic heterocycles. The van der Waals surface area contributed by atoms with Crippen LogP contribution in [0.1, 0.15) is 52.5 Å². The summed E-state index contributed by atoms with van der Waals surface area (Å²) in [4.78, 5) is 16.2. The number of carbonyl (C=O) groups excluding carboxylic acids is 1. The van der Waals surface area contributed by atoms with Crippen LogP contribution in [0.5, 0.6) is 0 Å². The molecule has 0 fully saturated rings. The first-order chi connectivity index (χ1) is 14.1. The Morgan fingerprint density at radius 2 is 1.87 bits per heavy atom. The number of benzene rings is 1. The maximum Gasteiger partial charge on any atom is 0.338 e. The second kappa shape index (κ2) is 9.30. The maximum absolute atomic E-state index is 12.5. The van der Waals surface area contributed by atoms with Gasteiger partial charge in [-0.25, -0.2) is 9.78 Å². The van der Waals surface area contributed by atoms with Crippen molar-refractivity contribution >= 4 is 21.7 Å². The molecule has 1 unspecified atom stereocenters. The van der Waals surface area contributed by atoms with Crippen molar-refractivity contribution in [3.05, 3.63) is 65.6 Å². The number of esters is 1. The van der Waals surface area contributed by atoms with Crippen molar-refractivity contribution in [2.45, 2.75) is 57.6 Å². The van der Waals surface area contributed by atoms with Gasteiger partial charge in [0.05, 0.1) is 5.57 Å². The molecule has 0 amide bonds. The SMILES string of the molecule is CC.CC(C1=C(O)CC(C)(C)OC1=O)c1cccc(NS(=O)(=O)c2ccccn2)c1. The van der Waals surface area contributed by atoms with Crippen LogP contribution in [0.3, 0.4) is 0 Å². The highest BCUT2D eigenvalue weighted by molar-refractivity contribution is 7.92. The summed E-state index contributed by atoms with van der Waals surface area (Å²) < 4.78 is 32.8. The van der Waals surface area contributed by atoms with Gasteiger partial charge < -0.3 is 9.84 Å². The van der Waals surface area contributed by atoms with Gasteiger partial charge in [0.15, 0.2) is 5.03 Å².